The molecule has 0 aliphatic carbocycles. The van der Waals surface area contributed by atoms with E-state index in [9.17, 15) is 14.4 Å². The van der Waals surface area contributed by atoms with Crippen LogP contribution in [0, 0.1) is 0 Å². The van der Waals surface area contributed by atoms with Crippen molar-refractivity contribution in [1.82, 2.24) is 0 Å². The molecule has 2 aromatic rings. The van der Waals surface area contributed by atoms with Crippen LogP contribution < -0.4 is 9.47 Å². The molecular formula is C28H30O6. The Bertz CT molecular complexity index is 1110. The summed E-state index contributed by atoms with van der Waals surface area (Å²) in [5, 5.41) is 0. The molecule has 6 heteroatoms. The first kappa shape index (κ1) is 26.3. The largest absolute Gasteiger partial charge is 0.462 e. The molecule has 0 radical (unpaired) electrons. The molecule has 0 aliphatic heterocycles. The fourth-order valence-corrected chi connectivity index (χ4v) is 2.86. The zero-order valence-electron chi connectivity index (χ0n) is 19.9. The average molecular weight is 463 g/mol. The van der Waals surface area contributed by atoms with Crippen LogP contribution in [0.25, 0.3) is 11.1 Å². The van der Waals surface area contributed by atoms with Crippen molar-refractivity contribution >= 4 is 17.9 Å². The van der Waals surface area contributed by atoms with Crippen LogP contribution >= 0.6 is 0 Å². The number of ether oxygens (including phenoxy) is 3. The SMILES string of the molecule is C=C(C)C(=O)OCCCCc1cc(-c2ccc(OC(=O)C(=C)C)cc2)ccc1OC(=O)C(=C)C. The summed E-state index contributed by atoms with van der Waals surface area (Å²) in [7, 11) is 0. The number of unbranched alkanes of at least 4 members (excludes halogenated alkanes) is 1. The van der Waals surface area contributed by atoms with Crippen LogP contribution in [0.1, 0.15) is 39.2 Å². The van der Waals surface area contributed by atoms with Gasteiger partial charge in [0.15, 0.2) is 0 Å². The molecule has 0 heterocycles. The van der Waals surface area contributed by atoms with Gasteiger partial charge < -0.3 is 14.2 Å². The van der Waals surface area contributed by atoms with Gasteiger partial charge in [-0.1, -0.05) is 37.9 Å². The Hall–Kier alpha value is -3.93. The van der Waals surface area contributed by atoms with Gasteiger partial charge in [-0.05, 0) is 81.0 Å². The molecule has 0 N–H and O–H groups in total. The van der Waals surface area contributed by atoms with Crippen LogP contribution in [0.5, 0.6) is 11.5 Å². The van der Waals surface area contributed by atoms with Gasteiger partial charge in [0.2, 0.25) is 0 Å². The summed E-state index contributed by atoms with van der Waals surface area (Å²) in [4.78, 5) is 35.3. The molecule has 0 atom stereocenters. The van der Waals surface area contributed by atoms with Gasteiger partial charge >= 0.3 is 17.9 Å². The van der Waals surface area contributed by atoms with Crippen molar-refractivity contribution in [3.8, 4) is 22.6 Å². The third kappa shape index (κ3) is 7.89. The lowest BCUT2D eigenvalue weighted by atomic mass is 9.99. The maximum atomic E-state index is 12.1. The van der Waals surface area contributed by atoms with Crippen LogP contribution in [0.15, 0.2) is 78.9 Å². The van der Waals surface area contributed by atoms with Gasteiger partial charge in [0.05, 0.1) is 6.61 Å². The zero-order valence-corrected chi connectivity index (χ0v) is 19.9. The number of rotatable bonds is 11. The molecule has 0 saturated heterocycles. The fourth-order valence-electron chi connectivity index (χ4n) is 2.86. The van der Waals surface area contributed by atoms with Crippen molar-refractivity contribution in [1.29, 1.82) is 0 Å². The lowest BCUT2D eigenvalue weighted by molar-refractivity contribution is -0.139. The number of benzene rings is 2. The Morgan fingerprint density at radius 1 is 0.706 bits per heavy atom. The van der Waals surface area contributed by atoms with E-state index in [2.05, 4.69) is 19.7 Å². The van der Waals surface area contributed by atoms with Gasteiger partial charge in [0, 0.05) is 16.7 Å². The van der Waals surface area contributed by atoms with Gasteiger partial charge in [-0.3, -0.25) is 0 Å². The molecule has 178 valence electrons. The Kier molecular flexibility index (Phi) is 9.56. The highest BCUT2D eigenvalue weighted by atomic mass is 16.5. The van der Waals surface area contributed by atoms with Crippen molar-refractivity contribution in [3.63, 3.8) is 0 Å². The highest BCUT2D eigenvalue weighted by Crippen LogP contribution is 2.30. The van der Waals surface area contributed by atoms with Crippen LogP contribution in [0.2, 0.25) is 0 Å². The molecule has 6 nitrogen and oxygen atoms in total. The molecule has 0 aromatic heterocycles. The van der Waals surface area contributed by atoms with Crippen LogP contribution in [0.3, 0.4) is 0 Å². The molecule has 0 bridgehead atoms. The van der Waals surface area contributed by atoms with E-state index in [1.807, 2.05) is 24.3 Å². The quantitative estimate of drug-likeness (QED) is 0.183. The number of aryl methyl sites for hydroxylation is 1. The van der Waals surface area contributed by atoms with Crippen molar-refractivity contribution in [2.75, 3.05) is 6.61 Å². The number of carbonyl (C=O) groups is 3. The number of hydrogen-bond acceptors (Lipinski definition) is 6. The van der Waals surface area contributed by atoms with E-state index in [4.69, 9.17) is 14.2 Å². The van der Waals surface area contributed by atoms with E-state index >= 15 is 0 Å². The highest BCUT2D eigenvalue weighted by Gasteiger charge is 2.13. The first-order valence-corrected chi connectivity index (χ1v) is 10.9. The van der Waals surface area contributed by atoms with E-state index in [0.717, 1.165) is 23.1 Å². The molecule has 34 heavy (non-hydrogen) atoms. The predicted molar refractivity (Wildman–Crippen MR) is 131 cm³/mol. The van der Waals surface area contributed by atoms with Crippen molar-refractivity contribution in [3.05, 3.63) is 84.5 Å². The Labute approximate surface area is 200 Å². The van der Waals surface area contributed by atoms with E-state index in [-0.39, 0.29) is 6.61 Å². The normalized spacial score (nSPS) is 10.2. The first-order valence-electron chi connectivity index (χ1n) is 10.9. The van der Waals surface area contributed by atoms with Crippen molar-refractivity contribution in [2.24, 2.45) is 0 Å². The lowest BCUT2D eigenvalue weighted by Crippen LogP contribution is -2.10. The minimum atomic E-state index is -0.493. The summed E-state index contributed by atoms with van der Waals surface area (Å²) >= 11 is 0. The maximum absolute atomic E-state index is 12.1. The second kappa shape index (κ2) is 12.3. The van der Waals surface area contributed by atoms with E-state index in [0.29, 0.717) is 41.1 Å². The topological polar surface area (TPSA) is 78.9 Å². The van der Waals surface area contributed by atoms with Crippen LogP contribution in [0.4, 0.5) is 0 Å². The number of carbonyl (C=O) groups excluding carboxylic acids is 3. The van der Waals surface area contributed by atoms with Gasteiger partial charge in [-0.25, -0.2) is 14.4 Å². The number of esters is 3. The fraction of sp³-hybridized carbons (Fsp3) is 0.250. The molecule has 0 aliphatic rings. The van der Waals surface area contributed by atoms with Gasteiger partial charge in [0.25, 0.3) is 0 Å². The number of hydrogen-bond donors (Lipinski definition) is 0. The van der Waals surface area contributed by atoms with Crippen molar-refractivity contribution in [2.45, 2.75) is 40.0 Å². The molecule has 2 aromatic carbocycles. The second-order valence-corrected chi connectivity index (χ2v) is 8.06. The van der Waals surface area contributed by atoms with Gasteiger partial charge in [-0.2, -0.15) is 0 Å². The summed E-state index contributed by atoms with van der Waals surface area (Å²) < 4.78 is 15.9. The van der Waals surface area contributed by atoms with E-state index < -0.39 is 17.9 Å². The monoisotopic (exact) mass is 462 g/mol. The standard InChI is InChI=1S/C28H30O6/c1-18(2)26(29)32-16-8-7-9-23-17-22(12-15-25(23)34-28(31)20(5)6)21-10-13-24(14-11-21)33-27(30)19(3)4/h10-15,17H,1,3,5,7-9,16H2,2,4,6H3. The minimum absolute atomic E-state index is 0.288. The highest BCUT2D eigenvalue weighted by molar-refractivity contribution is 5.89. The summed E-state index contributed by atoms with van der Waals surface area (Å²) in [6.45, 7) is 15.8. The van der Waals surface area contributed by atoms with Gasteiger partial charge in [-0.15, -0.1) is 0 Å². The second-order valence-electron chi connectivity index (χ2n) is 8.06. The van der Waals surface area contributed by atoms with Crippen LogP contribution in [-0.2, 0) is 25.5 Å². The lowest BCUT2D eigenvalue weighted by Gasteiger charge is -2.13. The molecular weight excluding hydrogens is 432 g/mol. The average Bonchev–Trinajstić information content (AvgIpc) is 2.79. The molecule has 2 rings (SSSR count). The Morgan fingerprint density at radius 2 is 1.26 bits per heavy atom. The molecule has 0 fully saturated rings. The summed E-state index contributed by atoms with van der Waals surface area (Å²) in [5.74, 6) is -0.493. The predicted octanol–water partition coefficient (Wildman–Crippen LogP) is 5.76. The molecule has 0 amide bonds. The van der Waals surface area contributed by atoms with E-state index in [1.54, 1.807) is 39.0 Å². The van der Waals surface area contributed by atoms with Gasteiger partial charge in [0.1, 0.15) is 11.5 Å². The first-order chi connectivity index (χ1) is 16.1. The van der Waals surface area contributed by atoms with Crippen LogP contribution in [-0.4, -0.2) is 24.5 Å². The zero-order chi connectivity index (χ0) is 25.3. The molecule has 0 unspecified atom stereocenters. The smallest absolute Gasteiger partial charge is 0.338 e. The molecule has 0 saturated carbocycles. The van der Waals surface area contributed by atoms with Crippen molar-refractivity contribution < 1.29 is 28.6 Å². The summed E-state index contributed by atoms with van der Waals surface area (Å²) in [6.07, 6.45) is 1.99. The Balaban J connectivity index is 2.17. The minimum Gasteiger partial charge on any atom is -0.462 e. The summed E-state index contributed by atoms with van der Waals surface area (Å²) in [5.41, 5.74) is 3.66. The summed E-state index contributed by atoms with van der Waals surface area (Å²) in [6, 6.07) is 12.7. The Morgan fingerprint density at radius 3 is 1.85 bits per heavy atom. The third-order valence-corrected chi connectivity index (χ3v) is 4.78. The molecule has 0 spiro atoms. The third-order valence-electron chi connectivity index (χ3n) is 4.78. The van der Waals surface area contributed by atoms with E-state index in [1.165, 1.54) is 0 Å². The maximum Gasteiger partial charge on any atom is 0.338 e.